The minimum absolute atomic E-state index is 0.149. The zero-order chi connectivity index (χ0) is 14.5. The number of morpholine rings is 1. The molecule has 114 valence electrons. The van der Waals surface area contributed by atoms with E-state index in [4.69, 9.17) is 10.6 Å². The molecular formula is C14H27N5O. The van der Waals surface area contributed by atoms with Crippen molar-refractivity contribution in [3.8, 4) is 0 Å². The smallest absolute Gasteiger partial charge is 0.108 e. The van der Waals surface area contributed by atoms with Gasteiger partial charge in [-0.3, -0.25) is 16.2 Å². The number of nitrogens with two attached hydrogens (primary N) is 1. The first-order valence-corrected chi connectivity index (χ1v) is 7.39. The Morgan fingerprint density at radius 2 is 2.35 bits per heavy atom. The number of aryl methyl sites for hydroxylation is 2. The van der Waals surface area contributed by atoms with Gasteiger partial charge in [0.1, 0.15) is 5.82 Å². The van der Waals surface area contributed by atoms with Gasteiger partial charge in [-0.1, -0.05) is 0 Å². The summed E-state index contributed by atoms with van der Waals surface area (Å²) >= 11 is 0. The van der Waals surface area contributed by atoms with Crippen LogP contribution in [0.5, 0.6) is 0 Å². The van der Waals surface area contributed by atoms with E-state index in [0.717, 1.165) is 38.4 Å². The van der Waals surface area contributed by atoms with Gasteiger partial charge in [-0.2, -0.15) is 0 Å². The molecule has 0 aliphatic carbocycles. The Morgan fingerprint density at radius 3 is 2.95 bits per heavy atom. The first kappa shape index (κ1) is 15.4. The van der Waals surface area contributed by atoms with Gasteiger partial charge in [0, 0.05) is 51.0 Å². The maximum Gasteiger partial charge on any atom is 0.108 e. The molecule has 0 amide bonds. The lowest BCUT2D eigenvalue weighted by molar-refractivity contribution is -0.0565. The van der Waals surface area contributed by atoms with E-state index in [9.17, 15) is 0 Å². The van der Waals surface area contributed by atoms with Crippen molar-refractivity contribution in [2.75, 3.05) is 19.7 Å². The van der Waals surface area contributed by atoms with Crippen molar-refractivity contribution in [3.63, 3.8) is 0 Å². The minimum atomic E-state index is 0.149. The largest absolute Gasteiger partial charge is 0.374 e. The highest BCUT2D eigenvalue weighted by molar-refractivity contribution is 4.93. The first-order chi connectivity index (χ1) is 9.61. The van der Waals surface area contributed by atoms with Gasteiger partial charge >= 0.3 is 0 Å². The molecule has 20 heavy (non-hydrogen) atoms. The van der Waals surface area contributed by atoms with Crippen LogP contribution in [-0.2, 0) is 18.2 Å². The van der Waals surface area contributed by atoms with Gasteiger partial charge in [-0.05, 0) is 20.3 Å². The summed E-state index contributed by atoms with van der Waals surface area (Å²) in [5.41, 5.74) is 2.92. The second-order valence-corrected chi connectivity index (χ2v) is 5.76. The Morgan fingerprint density at radius 1 is 1.55 bits per heavy atom. The number of nitrogens with one attached hydrogen (secondary N) is 1. The van der Waals surface area contributed by atoms with Gasteiger partial charge in [-0.15, -0.1) is 0 Å². The predicted octanol–water partition coefficient (Wildman–Crippen LogP) is 0.294. The molecule has 1 aliphatic heterocycles. The SMILES string of the molecule is CC(C)N1CCOC(C(CCc2nccn2C)NN)C1. The van der Waals surface area contributed by atoms with Crippen molar-refractivity contribution in [1.29, 1.82) is 0 Å². The molecule has 0 spiro atoms. The van der Waals surface area contributed by atoms with Crippen LogP contribution in [0.25, 0.3) is 0 Å². The van der Waals surface area contributed by atoms with Crippen molar-refractivity contribution < 1.29 is 4.74 Å². The molecule has 1 fully saturated rings. The van der Waals surface area contributed by atoms with E-state index in [1.165, 1.54) is 0 Å². The Hall–Kier alpha value is -0.950. The van der Waals surface area contributed by atoms with E-state index < -0.39 is 0 Å². The number of aromatic nitrogens is 2. The van der Waals surface area contributed by atoms with Crippen LogP contribution in [0.1, 0.15) is 26.1 Å². The van der Waals surface area contributed by atoms with E-state index in [0.29, 0.717) is 6.04 Å². The number of imidazole rings is 1. The van der Waals surface area contributed by atoms with Crippen LogP contribution < -0.4 is 11.3 Å². The monoisotopic (exact) mass is 281 g/mol. The lowest BCUT2D eigenvalue weighted by atomic mass is 10.0. The molecular weight excluding hydrogens is 254 g/mol. The third-order valence-electron chi connectivity index (χ3n) is 4.12. The molecule has 2 rings (SSSR count). The molecule has 2 heterocycles. The van der Waals surface area contributed by atoms with Crippen LogP contribution in [0.3, 0.4) is 0 Å². The molecule has 1 aliphatic rings. The highest BCUT2D eigenvalue weighted by Crippen LogP contribution is 2.15. The summed E-state index contributed by atoms with van der Waals surface area (Å²) in [6.07, 6.45) is 5.78. The Bertz CT molecular complexity index is 406. The molecule has 1 aromatic heterocycles. The number of hydrazine groups is 1. The normalized spacial score (nSPS) is 22.4. The number of rotatable bonds is 6. The molecule has 2 unspecified atom stereocenters. The molecule has 0 aromatic carbocycles. The summed E-state index contributed by atoms with van der Waals surface area (Å²) < 4.78 is 7.95. The maximum atomic E-state index is 5.90. The summed E-state index contributed by atoms with van der Waals surface area (Å²) in [4.78, 5) is 6.80. The molecule has 1 aromatic rings. The fraction of sp³-hybridized carbons (Fsp3) is 0.786. The predicted molar refractivity (Wildman–Crippen MR) is 79.1 cm³/mol. The number of hydrogen-bond donors (Lipinski definition) is 2. The summed E-state index contributed by atoms with van der Waals surface area (Å²) in [5, 5.41) is 0. The summed E-state index contributed by atoms with van der Waals surface area (Å²) in [5.74, 6) is 6.81. The summed E-state index contributed by atoms with van der Waals surface area (Å²) in [6, 6.07) is 0.711. The lowest BCUT2D eigenvalue weighted by Gasteiger charge is -2.38. The van der Waals surface area contributed by atoms with Crippen LogP contribution in [0, 0.1) is 0 Å². The van der Waals surface area contributed by atoms with Crippen molar-refractivity contribution in [3.05, 3.63) is 18.2 Å². The minimum Gasteiger partial charge on any atom is -0.374 e. The zero-order valence-corrected chi connectivity index (χ0v) is 12.7. The third-order valence-corrected chi connectivity index (χ3v) is 4.12. The van der Waals surface area contributed by atoms with Gasteiger partial charge in [0.15, 0.2) is 0 Å². The average molecular weight is 281 g/mol. The molecule has 3 N–H and O–H groups in total. The van der Waals surface area contributed by atoms with Gasteiger partial charge in [0.05, 0.1) is 12.7 Å². The van der Waals surface area contributed by atoms with E-state index in [1.54, 1.807) is 0 Å². The van der Waals surface area contributed by atoms with E-state index in [2.05, 4.69) is 33.7 Å². The number of hydrogen-bond acceptors (Lipinski definition) is 5. The van der Waals surface area contributed by atoms with Crippen molar-refractivity contribution in [2.45, 2.75) is 44.9 Å². The van der Waals surface area contributed by atoms with Gasteiger partial charge in [0.2, 0.25) is 0 Å². The number of ether oxygens (including phenoxy) is 1. The fourth-order valence-corrected chi connectivity index (χ4v) is 2.71. The topological polar surface area (TPSA) is 68.3 Å². The van der Waals surface area contributed by atoms with Crippen LogP contribution >= 0.6 is 0 Å². The quantitative estimate of drug-likeness (QED) is 0.579. The fourth-order valence-electron chi connectivity index (χ4n) is 2.71. The van der Waals surface area contributed by atoms with Crippen LogP contribution in [-0.4, -0.2) is 52.3 Å². The van der Waals surface area contributed by atoms with Crippen LogP contribution in [0.15, 0.2) is 12.4 Å². The molecule has 0 saturated carbocycles. The van der Waals surface area contributed by atoms with Crippen LogP contribution in [0.4, 0.5) is 0 Å². The van der Waals surface area contributed by atoms with Crippen LogP contribution in [0.2, 0.25) is 0 Å². The first-order valence-electron chi connectivity index (χ1n) is 7.39. The maximum absolute atomic E-state index is 5.90. The number of nitrogens with zero attached hydrogens (tertiary/aromatic N) is 3. The Balaban J connectivity index is 1.89. The van der Waals surface area contributed by atoms with Crippen molar-refractivity contribution in [1.82, 2.24) is 19.9 Å². The molecule has 6 nitrogen and oxygen atoms in total. The standard InChI is InChI=1S/C14H27N5O/c1-11(2)19-8-9-20-13(10-19)12(17-15)4-5-14-16-6-7-18(14)3/h6-7,11-13,17H,4-5,8-10,15H2,1-3H3. The van der Waals surface area contributed by atoms with E-state index in [1.807, 2.05) is 19.4 Å². The molecule has 1 saturated heterocycles. The van der Waals surface area contributed by atoms with Gasteiger partial charge < -0.3 is 9.30 Å². The molecule has 6 heteroatoms. The van der Waals surface area contributed by atoms with E-state index >= 15 is 0 Å². The highest BCUT2D eigenvalue weighted by Gasteiger charge is 2.28. The summed E-state index contributed by atoms with van der Waals surface area (Å²) in [6.45, 7) is 7.17. The van der Waals surface area contributed by atoms with E-state index in [-0.39, 0.29) is 12.1 Å². The second kappa shape index (κ2) is 7.17. The van der Waals surface area contributed by atoms with Gasteiger partial charge in [0.25, 0.3) is 0 Å². The van der Waals surface area contributed by atoms with Crippen molar-refractivity contribution >= 4 is 0 Å². The van der Waals surface area contributed by atoms with Gasteiger partial charge in [-0.25, -0.2) is 4.98 Å². The molecule has 2 atom stereocenters. The Kier molecular flexibility index (Phi) is 5.54. The molecule has 0 bridgehead atoms. The highest BCUT2D eigenvalue weighted by atomic mass is 16.5. The average Bonchev–Trinajstić information content (AvgIpc) is 2.85. The van der Waals surface area contributed by atoms with Crippen molar-refractivity contribution in [2.24, 2.45) is 12.9 Å². The zero-order valence-electron chi connectivity index (χ0n) is 12.7. The molecule has 0 radical (unpaired) electrons. The lowest BCUT2D eigenvalue weighted by Crippen LogP contribution is -2.55. The Labute approximate surface area is 121 Å². The third kappa shape index (κ3) is 3.79. The summed E-state index contributed by atoms with van der Waals surface area (Å²) in [7, 11) is 2.02. The second-order valence-electron chi connectivity index (χ2n) is 5.76.